The van der Waals surface area contributed by atoms with Crippen LogP contribution in [0.3, 0.4) is 0 Å². The van der Waals surface area contributed by atoms with E-state index in [1.54, 1.807) is 0 Å². The van der Waals surface area contributed by atoms with Gasteiger partial charge >= 0.3 is 0 Å². The van der Waals surface area contributed by atoms with E-state index >= 15 is 0 Å². The van der Waals surface area contributed by atoms with Crippen LogP contribution in [0.4, 0.5) is 17.1 Å². The summed E-state index contributed by atoms with van der Waals surface area (Å²) >= 11 is 0. The van der Waals surface area contributed by atoms with Crippen molar-refractivity contribution in [2.75, 3.05) is 4.90 Å². The van der Waals surface area contributed by atoms with E-state index in [0.29, 0.717) is 0 Å². The fourth-order valence-electron chi connectivity index (χ4n) is 11.1. The van der Waals surface area contributed by atoms with E-state index in [0.717, 1.165) is 122 Å². The molecular formula is C66H40N2O3. The summed E-state index contributed by atoms with van der Waals surface area (Å²) in [5.74, 6) is 0. The van der Waals surface area contributed by atoms with Crippen LogP contribution in [0.15, 0.2) is 256 Å². The van der Waals surface area contributed by atoms with Crippen LogP contribution in [-0.4, -0.2) is 4.57 Å². The topological polar surface area (TPSA) is 47.6 Å². The van der Waals surface area contributed by atoms with Crippen molar-refractivity contribution in [3.05, 3.63) is 243 Å². The largest absolute Gasteiger partial charge is 0.456 e. The van der Waals surface area contributed by atoms with Crippen molar-refractivity contribution in [3.63, 3.8) is 0 Å². The molecule has 15 rings (SSSR count). The van der Waals surface area contributed by atoms with Gasteiger partial charge in [-0.2, -0.15) is 0 Å². The van der Waals surface area contributed by atoms with Crippen LogP contribution in [0.5, 0.6) is 0 Å². The lowest BCUT2D eigenvalue weighted by atomic mass is 9.99. The molecule has 0 spiro atoms. The van der Waals surface area contributed by atoms with E-state index in [1.165, 1.54) is 21.8 Å². The van der Waals surface area contributed by atoms with Crippen molar-refractivity contribution in [2.24, 2.45) is 0 Å². The molecule has 5 heteroatoms. The molecule has 0 N–H and O–H groups in total. The molecule has 71 heavy (non-hydrogen) atoms. The Morgan fingerprint density at radius 1 is 0.296 bits per heavy atom. The monoisotopic (exact) mass is 908 g/mol. The van der Waals surface area contributed by atoms with Crippen LogP contribution in [0, 0.1) is 0 Å². The second-order valence-corrected chi connectivity index (χ2v) is 18.4. The van der Waals surface area contributed by atoms with Crippen molar-refractivity contribution >= 4 is 105 Å². The summed E-state index contributed by atoms with van der Waals surface area (Å²) < 4.78 is 22.1. The van der Waals surface area contributed by atoms with Gasteiger partial charge in [0.05, 0.1) is 22.1 Å². The Hall–Kier alpha value is -9.58. The van der Waals surface area contributed by atoms with Gasteiger partial charge in [-0.25, -0.2) is 0 Å². The number of anilines is 3. The van der Waals surface area contributed by atoms with E-state index in [2.05, 4.69) is 228 Å². The maximum Gasteiger partial charge on any atom is 0.143 e. The quantitative estimate of drug-likeness (QED) is 0.160. The zero-order valence-electron chi connectivity index (χ0n) is 38.2. The molecular weight excluding hydrogens is 869 g/mol. The van der Waals surface area contributed by atoms with E-state index in [9.17, 15) is 0 Å². The average Bonchev–Trinajstić information content (AvgIpc) is 4.21. The molecule has 0 aliphatic carbocycles. The number of hydrogen-bond acceptors (Lipinski definition) is 4. The summed E-state index contributed by atoms with van der Waals surface area (Å²) in [5.41, 5.74) is 18.3. The third-order valence-electron chi connectivity index (χ3n) is 14.4. The highest BCUT2D eigenvalue weighted by Crippen LogP contribution is 2.46. The van der Waals surface area contributed by atoms with Crippen LogP contribution < -0.4 is 4.90 Å². The minimum atomic E-state index is 0.822. The summed E-state index contributed by atoms with van der Waals surface area (Å²) in [6.07, 6.45) is 0. The number of para-hydroxylation sites is 6. The summed E-state index contributed by atoms with van der Waals surface area (Å²) in [5, 5.41) is 8.98. The summed E-state index contributed by atoms with van der Waals surface area (Å²) in [7, 11) is 0. The number of fused-ring (bicyclic) bond motifs is 12. The van der Waals surface area contributed by atoms with E-state index in [-0.39, 0.29) is 0 Å². The summed E-state index contributed by atoms with van der Waals surface area (Å²) in [4.78, 5) is 2.35. The Labute approximate surface area is 407 Å². The smallest absolute Gasteiger partial charge is 0.143 e. The SMILES string of the molecule is c1ccc(-n2c3ccccc3c3cc(-c4ccc5oc6cccc(N(c7ccc(-c8cccc9c8oc8ccccc89)cc7)c7ccc(-c8cccc9c8oc8ccccc89)cc7)c6c5c4)ccc32)cc1. The van der Waals surface area contributed by atoms with Gasteiger partial charge in [-0.15, -0.1) is 0 Å². The third kappa shape index (κ3) is 6.13. The Kier molecular flexibility index (Phi) is 8.59. The van der Waals surface area contributed by atoms with Crippen molar-refractivity contribution < 1.29 is 13.3 Å². The predicted molar refractivity (Wildman–Crippen MR) is 294 cm³/mol. The maximum absolute atomic E-state index is 6.72. The summed E-state index contributed by atoms with van der Waals surface area (Å²) in [6.45, 7) is 0. The highest BCUT2D eigenvalue weighted by Gasteiger charge is 2.22. The van der Waals surface area contributed by atoms with E-state index < -0.39 is 0 Å². The molecule has 0 saturated carbocycles. The molecule has 0 bridgehead atoms. The van der Waals surface area contributed by atoms with E-state index in [1.807, 2.05) is 24.3 Å². The number of rotatable bonds is 7. The van der Waals surface area contributed by atoms with E-state index in [4.69, 9.17) is 13.3 Å². The van der Waals surface area contributed by atoms with Crippen LogP contribution in [-0.2, 0) is 0 Å². The molecule has 0 radical (unpaired) electrons. The predicted octanol–water partition coefficient (Wildman–Crippen LogP) is 19.0. The highest BCUT2D eigenvalue weighted by atomic mass is 16.3. The second kappa shape index (κ2) is 15.5. The van der Waals surface area contributed by atoms with Gasteiger partial charge in [0.2, 0.25) is 0 Å². The van der Waals surface area contributed by atoms with Crippen molar-refractivity contribution in [3.8, 4) is 39.1 Å². The molecule has 15 aromatic rings. The van der Waals surface area contributed by atoms with Gasteiger partial charge < -0.3 is 22.7 Å². The third-order valence-corrected chi connectivity index (χ3v) is 14.4. The Balaban J connectivity index is 0.889. The van der Waals surface area contributed by atoms with Crippen molar-refractivity contribution in [1.82, 2.24) is 4.57 Å². The van der Waals surface area contributed by atoms with Gasteiger partial charge in [-0.05, 0) is 113 Å². The molecule has 332 valence electrons. The molecule has 5 nitrogen and oxygen atoms in total. The zero-order valence-corrected chi connectivity index (χ0v) is 38.2. The maximum atomic E-state index is 6.72. The first-order valence-electron chi connectivity index (χ1n) is 24.1. The normalized spacial score (nSPS) is 11.9. The Bertz CT molecular complexity index is 4410. The molecule has 11 aromatic carbocycles. The number of aromatic nitrogens is 1. The fraction of sp³-hybridized carbons (Fsp3) is 0. The fourth-order valence-corrected chi connectivity index (χ4v) is 11.1. The lowest BCUT2D eigenvalue weighted by Crippen LogP contribution is -2.10. The Morgan fingerprint density at radius 3 is 1.42 bits per heavy atom. The molecule has 0 aliphatic rings. The lowest BCUT2D eigenvalue weighted by Gasteiger charge is -2.26. The number of hydrogen-bond donors (Lipinski definition) is 0. The van der Waals surface area contributed by atoms with Crippen LogP contribution >= 0.6 is 0 Å². The van der Waals surface area contributed by atoms with Gasteiger partial charge in [0, 0.05) is 65.9 Å². The van der Waals surface area contributed by atoms with Gasteiger partial charge in [0.15, 0.2) is 0 Å². The standard InChI is InChI=1S/C66H40N2O3/c1-2-13-45(14-3-1)68-57-22-7-4-15-50(57)55-39-43(31-37-58(55)68)44-32-38-62-56(40-44)64-59(23-12-26-63(64)69-62)67(46-33-27-41(28-34-46)48-18-10-20-53-51-16-5-8-24-60(51)70-65(48)53)47-35-29-42(30-36-47)49-19-11-21-54-52-17-6-9-25-61(52)71-66(49)54/h1-40H. The summed E-state index contributed by atoms with van der Waals surface area (Å²) in [6, 6.07) is 86.2. The minimum Gasteiger partial charge on any atom is -0.456 e. The van der Waals surface area contributed by atoms with Crippen molar-refractivity contribution in [2.45, 2.75) is 0 Å². The van der Waals surface area contributed by atoms with Crippen LogP contribution in [0.2, 0.25) is 0 Å². The van der Waals surface area contributed by atoms with Crippen molar-refractivity contribution in [1.29, 1.82) is 0 Å². The highest BCUT2D eigenvalue weighted by molar-refractivity contribution is 6.16. The number of nitrogens with zero attached hydrogens (tertiary/aromatic N) is 2. The van der Waals surface area contributed by atoms with Gasteiger partial charge in [0.1, 0.15) is 33.5 Å². The molecule has 0 fully saturated rings. The average molecular weight is 909 g/mol. The zero-order chi connectivity index (χ0) is 46.6. The molecule has 0 atom stereocenters. The first kappa shape index (κ1) is 39.4. The minimum absolute atomic E-state index is 0.822. The van der Waals surface area contributed by atoms with Gasteiger partial charge in [-0.1, -0.05) is 152 Å². The molecule has 0 saturated heterocycles. The molecule has 0 unspecified atom stereocenters. The molecule has 4 heterocycles. The molecule has 0 amide bonds. The number of furan rings is 3. The first-order chi connectivity index (χ1) is 35.2. The van der Waals surface area contributed by atoms with Crippen LogP contribution in [0.1, 0.15) is 0 Å². The second-order valence-electron chi connectivity index (χ2n) is 18.4. The van der Waals surface area contributed by atoms with Gasteiger partial charge in [0.25, 0.3) is 0 Å². The lowest BCUT2D eigenvalue weighted by molar-refractivity contribution is 0.669. The molecule has 4 aromatic heterocycles. The van der Waals surface area contributed by atoms with Crippen LogP contribution in [0.25, 0.3) is 127 Å². The molecule has 0 aliphatic heterocycles. The number of benzene rings is 11. The Morgan fingerprint density at radius 2 is 0.775 bits per heavy atom. The first-order valence-corrected chi connectivity index (χ1v) is 24.1. The van der Waals surface area contributed by atoms with Gasteiger partial charge in [-0.3, -0.25) is 0 Å².